The number of aryl methyl sites for hydroxylation is 1. The van der Waals surface area contributed by atoms with Gasteiger partial charge in [-0.15, -0.1) is 0 Å². The topological polar surface area (TPSA) is 48.7 Å². The van der Waals surface area contributed by atoms with Crippen molar-refractivity contribution in [3.8, 4) is 17.1 Å². The van der Waals surface area contributed by atoms with Gasteiger partial charge in [-0.2, -0.15) is 0 Å². The van der Waals surface area contributed by atoms with Crippen LogP contribution in [0.5, 0.6) is 5.75 Å². The van der Waals surface area contributed by atoms with Crippen molar-refractivity contribution < 1.29 is 18.7 Å². The SMILES string of the molecule is CCCCCc1c(-c2ccc3c(Br)c(OCC(=O)OCC)ccc3c2)oc2ccccc12. The van der Waals surface area contributed by atoms with Crippen molar-refractivity contribution in [2.75, 3.05) is 13.2 Å². The molecule has 32 heavy (non-hydrogen) atoms. The van der Waals surface area contributed by atoms with Crippen LogP contribution in [0.15, 0.2) is 63.5 Å². The van der Waals surface area contributed by atoms with E-state index < -0.39 is 0 Å². The van der Waals surface area contributed by atoms with Gasteiger partial charge in [0.25, 0.3) is 0 Å². The van der Waals surface area contributed by atoms with Crippen LogP contribution in [0.4, 0.5) is 0 Å². The van der Waals surface area contributed by atoms with Crippen molar-refractivity contribution in [1.82, 2.24) is 0 Å². The Morgan fingerprint density at radius 1 is 1.00 bits per heavy atom. The first-order chi connectivity index (χ1) is 15.6. The Balaban J connectivity index is 1.68. The van der Waals surface area contributed by atoms with Crippen LogP contribution in [0, 0.1) is 0 Å². The zero-order valence-electron chi connectivity index (χ0n) is 18.4. The molecule has 4 nitrogen and oxygen atoms in total. The van der Waals surface area contributed by atoms with E-state index in [1.54, 1.807) is 6.92 Å². The molecule has 5 heteroatoms. The number of hydrogen-bond donors (Lipinski definition) is 0. The summed E-state index contributed by atoms with van der Waals surface area (Å²) < 4.78 is 17.7. The van der Waals surface area contributed by atoms with Crippen molar-refractivity contribution in [2.45, 2.75) is 39.5 Å². The maximum absolute atomic E-state index is 11.6. The van der Waals surface area contributed by atoms with Gasteiger partial charge in [-0.3, -0.25) is 0 Å². The Morgan fingerprint density at radius 3 is 2.66 bits per heavy atom. The number of hydrogen-bond acceptors (Lipinski definition) is 4. The smallest absolute Gasteiger partial charge is 0.344 e. The minimum Gasteiger partial charge on any atom is -0.481 e. The fourth-order valence-corrected chi connectivity index (χ4v) is 4.60. The summed E-state index contributed by atoms with van der Waals surface area (Å²) in [5, 5.41) is 3.28. The summed E-state index contributed by atoms with van der Waals surface area (Å²) in [5.74, 6) is 1.18. The molecule has 1 heterocycles. The highest BCUT2D eigenvalue weighted by Gasteiger charge is 2.17. The summed E-state index contributed by atoms with van der Waals surface area (Å²) in [6.07, 6.45) is 4.55. The molecule has 4 aromatic rings. The molecule has 3 aromatic carbocycles. The van der Waals surface area contributed by atoms with Crippen molar-refractivity contribution in [3.63, 3.8) is 0 Å². The molecule has 0 N–H and O–H groups in total. The molecular formula is C27H27BrO4. The van der Waals surface area contributed by atoms with E-state index in [1.807, 2.05) is 24.3 Å². The highest BCUT2D eigenvalue weighted by Crippen LogP contribution is 2.39. The molecule has 0 atom stereocenters. The fraction of sp³-hybridized carbons (Fsp3) is 0.296. The lowest BCUT2D eigenvalue weighted by Gasteiger charge is -2.11. The number of unbranched alkanes of at least 4 members (excludes halogenated alkanes) is 2. The van der Waals surface area contributed by atoms with E-state index in [4.69, 9.17) is 13.9 Å². The van der Waals surface area contributed by atoms with Gasteiger partial charge in [0.1, 0.15) is 17.1 Å². The van der Waals surface area contributed by atoms with E-state index in [0.29, 0.717) is 12.4 Å². The minimum absolute atomic E-state index is 0.115. The number of carbonyl (C=O) groups excluding carboxylic acids is 1. The summed E-state index contributed by atoms with van der Waals surface area (Å²) in [7, 11) is 0. The molecule has 0 saturated carbocycles. The van der Waals surface area contributed by atoms with Crippen LogP contribution in [-0.2, 0) is 16.0 Å². The average molecular weight is 495 g/mol. The van der Waals surface area contributed by atoms with Crippen LogP contribution in [0.2, 0.25) is 0 Å². The molecule has 0 spiro atoms. The van der Waals surface area contributed by atoms with Gasteiger partial charge in [0.15, 0.2) is 6.61 Å². The number of halogens is 1. The van der Waals surface area contributed by atoms with Crippen molar-refractivity contribution in [2.24, 2.45) is 0 Å². The van der Waals surface area contributed by atoms with E-state index >= 15 is 0 Å². The van der Waals surface area contributed by atoms with Gasteiger partial charge in [0.05, 0.1) is 11.1 Å². The Labute approximate surface area is 196 Å². The second kappa shape index (κ2) is 10.2. The Bertz CT molecular complexity index is 1240. The van der Waals surface area contributed by atoms with E-state index in [2.05, 4.69) is 53.2 Å². The van der Waals surface area contributed by atoms with Gasteiger partial charge in [-0.1, -0.05) is 56.2 Å². The molecule has 0 aliphatic rings. The van der Waals surface area contributed by atoms with Crippen molar-refractivity contribution >= 4 is 43.6 Å². The lowest BCUT2D eigenvalue weighted by atomic mass is 9.98. The number of esters is 1. The molecule has 0 radical (unpaired) electrons. The molecule has 0 aliphatic carbocycles. The normalized spacial score (nSPS) is 11.2. The zero-order chi connectivity index (χ0) is 22.5. The molecule has 4 rings (SSSR count). The van der Waals surface area contributed by atoms with Gasteiger partial charge in [-0.25, -0.2) is 4.79 Å². The Morgan fingerprint density at radius 2 is 1.84 bits per heavy atom. The van der Waals surface area contributed by atoms with Crippen LogP contribution in [0.3, 0.4) is 0 Å². The van der Waals surface area contributed by atoms with Gasteiger partial charge in [0.2, 0.25) is 0 Å². The van der Waals surface area contributed by atoms with Crippen LogP contribution < -0.4 is 4.74 Å². The first-order valence-electron chi connectivity index (χ1n) is 11.1. The number of fused-ring (bicyclic) bond motifs is 2. The third-order valence-electron chi connectivity index (χ3n) is 5.56. The molecular weight excluding hydrogens is 468 g/mol. The molecule has 0 aliphatic heterocycles. The van der Waals surface area contributed by atoms with Gasteiger partial charge >= 0.3 is 5.97 Å². The highest BCUT2D eigenvalue weighted by atomic mass is 79.9. The largest absolute Gasteiger partial charge is 0.481 e. The molecule has 0 bridgehead atoms. The first-order valence-corrected chi connectivity index (χ1v) is 11.9. The summed E-state index contributed by atoms with van der Waals surface area (Å²) in [6, 6.07) is 18.4. The molecule has 0 fully saturated rings. The minimum atomic E-state index is -0.379. The maximum Gasteiger partial charge on any atom is 0.344 e. The highest BCUT2D eigenvalue weighted by molar-refractivity contribution is 9.10. The number of para-hydroxylation sites is 1. The van der Waals surface area contributed by atoms with E-state index in [1.165, 1.54) is 23.8 Å². The third-order valence-corrected chi connectivity index (χ3v) is 6.38. The summed E-state index contributed by atoms with van der Waals surface area (Å²) >= 11 is 3.64. The van der Waals surface area contributed by atoms with E-state index in [0.717, 1.165) is 45.0 Å². The third kappa shape index (κ3) is 4.68. The average Bonchev–Trinajstić information content (AvgIpc) is 3.17. The molecule has 0 saturated heterocycles. The zero-order valence-corrected chi connectivity index (χ0v) is 20.0. The van der Waals surface area contributed by atoms with E-state index in [-0.39, 0.29) is 12.6 Å². The van der Waals surface area contributed by atoms with Crippen LogP contribution in [0.1, 0.15) is 38.7 Å². The van der Waals surface area contributed by atoms with Crippen molar-refractivity contribution in [1.29, 1.82) is 0 Å². The van der Waals surface area contributed by atoms with E-state index in [9.17, 15) is 4.79 Å². The number of rotatable bonds is 9. The molecule has 0 amide bonds. The quantitative estimate of drug-likeness (QED) is 0.176. The van der Waals surface area contributed by atoms with Crippen LogP contribution in [0.25, 0.3) is 33.1 Å². The van der Waals surface area contributed by atoms with Gasteiger partial charge < -0.3 is 13.9 Å². The number of benzene rings is 3. The van der Waals surface area contributed by atoms with Gasteiger partial charge in [0, 0.05) is 16.5 Å². The fourth-order valence-electron chi connectivity index (χ4n) is 4.00. The standard InChI is InChI=1S/C27H27BrO4/c1-3-5-6-10-22-21-9-7-8-11-23(21)32-27(22)19-12-14-20-18(16-19)13-15-24(26(20)28)31-17-25(29)30-4-2/h7-9,11-16H,3-6,10,17H2,1-2H3. The Kier molecular flexibility index (Phi) is 7.15. The molecule has 1 aromatic heterocycles. The lowest BCUT2D eigenvalue weighted by molar-refractivity contribution is -0.145. The first kappa shape index (κ1) is 22.4. The second-order valence-electron chi connectivity index (χ2n) is 7.77. The molecule has 166 valence electrons. The summed E-state index contributed by atoms with van der Waals surface area (Å²) in [6.45, 7) is 4.22. The summed E-state index contributed by atoms with van der Waals surface area (Å²) in [4.78, 5) is 11.6. The Hall–Kier alpha value is -2.79. The maximum atomic E-state index is 11.6. The van der Waals surface area contributed by atoms with Gasteiger partial charge in [-0.05, 0) is 64.7 Å². The predicted molar refractivity (Wildman–Crippen MR) is 132 cm³/mol. The summed E-state index contributed by atoms with van der Waals surface area (Å²) in [5.41, 5.74) is 3.27. The number of ether oxygens (including phenoxy) is 2. The molecule has 0 unspecified atom stereocenters. The lowest BCUT2D eigenvalue weighted by Crippen LogP contribution is -2.14. The monoisotopic (exact) mass is 494 g/mol. The number of furan rings is 1. The van der Waals surface area contributed by atoms with Crippen LogP contribution in [-0.4, -0.2) is 19.2 Å². The van der Waals surface area contributed by atoms with Crippen molar-refractivity contribution in [3.05, 3.63) is 64.6 Å². The second-order valence-corrected chi connectivity index (χ2v) is 8.56. The predicted octanol–water partition coefficient (Wildman–Crippen LogP) is 7.69. The number of carbonyl (C=O) groups is 1. The van der Waals surface area contributed by atoms with Crippen LogP contribution >= 0.6 is 15.9 Å².